The van der Waals surface area contributed by atoms with E-state index in [1.54, 1.807) is 115 Å². The molecule has 566 valence electrons. The van der Waals surface area contributed by atoms with Gasteiger partial charge in [-0.05, 0) is 118 Å². The number of aliphatic hydroxyl groups is 1. The van der Waals surface area contributed by atoms with Gasteiger partial charge in [0.1, 0.15) is 30.8 Å². The van der Waals surface area contributed by atoms with Gasteiger partial charge in [0, 0.05) is 59.9 Å². The predicted octanol–water partition coefficient (Wildman–Crippen LogP) is 6.61. The molecule has 1 unspecified atom stereocenters. The minimum atomic E-state index is -1.10. The van der Waals surface area contributed by atoms with Crippen LogP contribution in [0.1, 0.15) is 184 Å². The molecule has 13 atom stereocenters. The number of likely N-dealkylation sites (N-methyl/N-ethyl adjacent to an activating group) is 2. The summed E-state index contributed by atoms with van der Waals surface area (Å²) < 4.78 is 17.8. The number of unbranched alkanes of at least 4 members (excludes halogenated alkanes) is 2. The van der Waals surface area contributed by atoms with Crippen LogP contribution in [-0.4, -0.2) is 209 Å². The molecule has 0 aromatic heterocycles. The average Bonchev–Trinajstić information content (AvgIpc) is 1.76. The van der Waals surface area contributed by atoms with Crippen molar-refractivity contribution >= 4 is 82.6 Å². The molecule has 26 nitrogen and oxygen atoms in total. The minimum Gasteiger partial charge on any atom is -0.445 e. The van der Waals surface area contributed by atoms with Gasteiger partial charge in [0.05, 0.1) is 59.6 Å². The zero-order valence-electron chi connectivity index (χ0n) is 62.9. The molecule has 2 saturated heterocycles. The molecule has 2 aliphatic heterocycles. The van der Waals surface area contributed by atoms with Gasteiger partial charge in [0.2, 0.25) is 59.1 Å². The zero-order valence-corrected chi connectivity index (χ0v) is 63.7. The first-order valence-corrected chi connectivity index (χ1v) is 37.3. The number of nitrogens with zero attached hydrogens (tertiary/aromatic N) is 4. The number of rotatable bonds is 43. The zero-order chi connectivity index (χ0) is 75.6. The van der Waals surface area contributed by atoms with Crippen molar-refractivity contribution in [1.82, 2.24) is 46.2 Å². The maximum Gasteiger partial charge on any atom is 0.410 e. The van der Waals surface area contributed by atoms with E-state index in [1.165, 1.54) is 42.8 Å². The standard InChI is InChI=1S/C74H119N11O15S/c1-18-47(10)63(55(98-15)41-58(87)84-40-28-32-54(84)65(99-16)48(11)66(90)77-49(12)64(89)51-29-23-21-24-30-51)82(13)71(95)61(45(6)7)81-69(93)62(46(8)9)83(14)73(97)100-43-50-34-36-52(37-35-50)78-67(91)53(31-27-38-76-74(19-2,20-3)72(75)96)79-68(92)60(44(4)5)80-57(86)33-25-22-26-39-85-59(88)42-56(101-17)70(85)94/h21,23-24,29-30,34-37,44-49,53-56,60-65,76,89H,18-20,22,25-28,31-33,38-43H2,1-17H3,(H2,75,96)(H,77,90)(H,78,91)(H,79,92)(H,80,86)(H,81,93)/t47-,48+,49+,53-,54-,55+,56?,60-,61-,62-,63-,64+,65+/m0/s1. The van der Waals surface area contributed by atoms with Crippen LogP contribution in [0.15, 0.2) is 54.6 Å². The molecule has 2 heterocycles. The molecular weight excluding hydrogens is 1310 g/mol. The van der Waals surface area contributed by atoms with Crippen LogP contribution in [0.4, 0.5) is 10.5 Å². The largest absolute Gasteiger partial charge is 0.445 e. The number of hydrogen-bond donors (Lipinski definition) is 8. The van der Waals surface area contributed by atoms with Crippen LogP contribution in [0, 0.1) is 29.6 Å². The van der Waals surface area contributed by atoms with Crippen LogP contribution in [-0.2, 0) is 68.8 Å². The highest BCUT2D eigenvalue weighted by Gasteiger charge is 2.45. The quantitative estimate of drug-likeness (QED) is 0.0256. The van der Waals surface area contributed by atoms with Crippen molar-refractivity contribution in [1.29, 1.82) is 0 Å². The smallest absolute Gasteiger partial charge is 0.410 e. The Balaban J connectivity index is 1.41. The molecule has 4 rings (SSSR count). The Morgan fingerprint density at radius 2 is 1.39 bits per heavy atom. The summed E-state index contributed by atoms with van der Waals surface area (Å²) in [6.07, 6.45) is 3.60. The van der Waals surface area contributed by atoms with Crippen molar-refractivity contribution in [3.8, 4) is 0 Å². The van der Waals surface area contributed by atoms with E-state index in [2.05, 4.69) is 31.9 Å². The molecule has 27 heteroatoms. The number of imide groups is 1. The molecule has 2 aromatic carbocycles. The second-order valence-electron chi connectivity index (χ2n) is 28.2. The number of primary amides is 1. The van der Waals surface area contributed by atoms with Crippen molar-refractivity contribution in [2.75, 3.05) is 59.5 Å². The van der Waals surface area contributed by atoms with E-state index in [0.29, 0.717) is 87.7 Å². The van der Waals surface area contributed by atoms with Crippen molar-refractivity contribution in [3.63, 3.8) is 0 Å². The van der Waals surface area contributed by atoms with E-state index in [0.717, 1.165) is 0 Å². The molecule has 0 aliphatic carbocycles. The van der Waals surface area contributed by atoms with E-state index >= 15 is 0 Å². The summed E-state index contributed by atoms with van der Waals surface area (Å²) in [5.41, 5.74) is 6.38. The first kappa shape index (κ1) is 86.2. The van der Waals surface area contributed by atoms with Crippen LogP contribution in [0.25, 0.3) is 0 Å². The number of anilines is 1. The van der Waals surface area contributed by atoms with Crippen molar-refractivity contribution in [2.24, 2.45) is 35.3 Å². The Morgan fingerprint density at radius 3 is 1.94 bits per heavy atom. The van der Waals surface area contributed by atoms with Crippen LogP contribution in [0.3, 0.4) is 0 Å². The summed E-state index contributed by atoms with van der Waals surface area (Å²) in [5, 5.41) is 28.3. The molecular formula is C74H119N11O15S. The number of thioether (sulfide) groups is 1. The third-order valence-electron chi connectivity index (χ3n) is 20.1. The van der Waals surface area contributed by atoms with Gasteiger partial charge in [0.25, 0.3) is 0 Å². The second kappa shape index (κ2) is 41.8. The number of methoxy groups -OCH3 is 2. The van der Waals surface area contributed by atoms with Gasteiger partial charge in [-0.2, -0.15) is 11.8 Å². The molecule has 9 N–H and O–H groups in total. The number of nitrogens with one attached hydrogen (secondary N) is 6. The van der Waals surface area contributed by atoms with Gasteiger partial charge in [-0.3, -0.25) is 57.7 Å². The molecule has 2 fully saturated rings. The van der Waals surface area contributed by atoms with Gasteiger partial charge >= 0.3 is 6.09 Å². The molecule has 11 amide bonds. The number of benzene rings is 2. The maximum atomic E-state index is 14.9. The van der Waals surface area contributed by atoms with E-state index in [9.17, 15) is 57.8 Å². The highest BCUT2D eigenvalue weighted by Crippen LogP contribution is 2.31. The van der Waals surface area contributed by atoms with Crippen molar-refractivity contribution in [3.05, 3.63) is 65.7 Å². The fraction of sp³-hybridized carbons (Fsp3) is 0.689. The lowest BCUT2D eigenvalue weighted by molar-refractivity contribution is -0.148. The number of aliphatic hydroxyl groups excluding tert-OH is 1. The Hall–Kier alpha value is -7.20. The summed E-state index contributed by atoms with van der Waals surface area (Å²) in [4.78, 5) is 156. The summed E-state index contributed by atoms with van der Waals surface area (Å²) in [7, 11) is 6.10. The van der Waals surface area contributed by atoms with Crippen molar-refractivity contribution in [2.45, 2.75) is 245 Å². The topological polar surface area (TPSA) is 347 Å². The Labute approximate surface area is 603 Å². The van der Waals surface area contributed by atoms with Crippen molar-refractivity contribution < 1.29 is 72.1 Å². The van der Waals surface area contributed by atoms with Crippen LogP contribution >= 0.6 is 11.8 Å². The maximum absolute atomic E-state index is 14.9. The lowest BCUT2D eigenvalue weighted by Crippen LogP contribution is -2.60. The van der Waals surface area contributed by atoms with Gasteiger partial charge in [0.15, 0.2) is 0 Å². The predicted molar refractivity (Wildman–Crippen MR) is 389 cm³/mol. The SMILES string of the molecule is CC[C@H](C)[C@@H]([C@@H](CC(=O)N1CCC[C@H]1[C@H](OC)[C@@H](C)C(=O)N[C@H](C)[C@@H](O)c1ccccc1)OC)N(C)C(=O)[C@@H](NC(=O)[C@H](C(C)C)N(C)C(=O)OCc1ccc(NC(=O)[C@H](CCCNC(CC)(CC)C(N)=O)NC(=O)[C@@H](NC(=O)CCCCCN2C(=O)CC(SC)C2=O)C(C)C)cc1)C(C)C. The third-order valence-corrected chi connectivity index (χ3v) is 21.1. The second-order valence-corrected chi connectivity index (χ2v) is 29.2. The van der Waals surface area contributed by atoms with Gasteiger partial charge in [-0.15, -0.1) is 0 Å². The number of hydrogen-bond acceptors (Lipinski definition) is 17. The third kappa shape index (κ3) is 24.2. The van der Waals surface area contributed by atoms with Crippen LogP contribution in [0.2, 0.25) is 0 Å². The lowest BCUT2D eigenvalue weighted by atomic mass is 9.89. The Kier molecular flexibility index (Phi) is 35.7. The first-order valence-electron chi connectivity index (χ1n) is 36.0. The van der Waals surface area contributed by atoms with Gasteiger partial charge in [-0.25, -0.2) is 4.79 Å². The van der Waals surface area contributed by atoms with E-state index in [4.69, 9.17) is 19.9 Å². The van der Waals surface area contributed by atoms with Gasteiger partial charge < -0.3 is 66.8 Å². The van der Waals surface area contributed by atoms with Gasteiger partial charge in [-0.1, -0.05) is 131 Å². The molecule has 2 aromatic rings. The molecule has 2 aliphatic rings. The molecule has 0 spiro atoms. The number of amides is 11. The lowest BCUT2D eigenvalue weighted by Gasteiger charge is -2.41. The fourth-order valence-corrected chi connectivity index (χ4v) is 14.2. The number of likely N-dealkylation sites (tertiary alicyclic amines) is 2. The summed E-state index contributed by atoms with van der Waals surface area (Å²) >= 11 is 1.35. The molecule has 0 radical (unpaired) electrons. The van der Waals surface area contributed by atoms with E-state index in [1.807, 2.05) is 45.9 Å². The average molecular weight is 1430 g/mol. The molecule has 0 bridgehead atoms. The van der Waals surface area contributed by atoms with E-state index < -0.39 is 120 Å². The Bertz CT molecular complexity index is 3050. The monoisotopic (exact) mass is 1430 g/mol. The summed E-state index contributed by atoms with van der Waals surface area (Å²) in [6, 6.07) is 9.63. The number of carbonyl (C=O) groups is 11. The number of ether oxygens (including phenoxy) is 3. The highest BCUT2D eigenvalue weighted by atomic mass is 32.2. The van der Waals surface area contributed by atoms with Crippen LogP contribution in [0.5, 0.6) is 0 Å². The fourth-order valence-electron chi connectivity index (χ4n) is 13.5. The van der Waals surface area contributed by atoms with Crippen LogP contribution < -0.4 is 37.6 Å². The highest BCUT2D eigenvalue weighted by molar-refractivity contribution is 8.00. The summed E-state index contributed by atoms with van der Waals surface area (Å²) in [6.45, 7) is 22.6. The normalized spacial score (nSPS) is 18.1. The first-order chi connectivity index (χ1) is 47.8. The summed E-state index contributed by atoms with van der Waals surface area (Å²) in [5.74, 6) is -6.07. The molecule has 101 heavy (non-hydrogen) atoms. The van der Waals surface area contributed by atoms with E-state index in [-0.39, 0.29) is 85.5 Å². The number of carbonyl (C=O) groups excluding carboxylic acids is 11. The Morgan fingerprint density at radius 1 is 0.743 bits per heavy atom. The minimum absolute atomic E-state index is 0.0921. The molecule has 0 saturated carbocycles. The number of nitrogens with two attached hydrogens (primary N) is 1.